The summed E-state index contributed by atoms with van der Waals surface area (Å²) >= 11 is 0. The summed E-state index contributed by atoms with van der Waals surface area (Å²) in [4.78, 5) is 26.3. The molecular formula is C24H30N5O3-. The van der Waals surface area contributed by atoms with Crippen molar-refractivity contribution in [3.63, 3.8) is 0 Å². The molecule has 2 aromatic heterocycles. The summed E-state index contributed by atoms with van der Waals surface area (Å²) < 4.78 is 3.56. The average Bonchev–Trinajstić information content (AvgIpc) is 3.30. The zero-order chi connectivity index (χ0) is 23.5. The van der Waals surface area contributed by atoms with E-state index in [1.54, 1.807) is 16.9 Å². The van der Waals surface area contributed by atoms with Gasteiger partial charge in [-0.1, -0.05) is 30.3 Å². The first-order chi connectivity index (χ1) is 15.1. The molecule has 0 aliphatic rings. The molecule has 170 valence electrons. The van der Waals surface area contributed by atoms with Gasteiger partial charge in [0.15, 0.2) is 0 Å². The first kappa shape index (κ1) is 23.1. The van der Waals surface area contributed by atoms with Gasteiger partial charge in [-0.25, -0.2) is 0 Å². The number of rotatable bonds is 7. The van der Waals surface area contributed by atoms with Crippen molar-refractivity contribution < 1.29 is 14.7 Å². The van der Waals surface area contributed by atoms with Gasteiger partial charge in [0.05, 0.1) is 17.4 Å². The minimum atomic E-state index is -1.26. The van der Waals surface area contributed by atoms with Crippen LogP contribution in [-0.4, -0.2) is 49.4 Å². The van der Waals surface area contributed by atoms with Crippen LogP contribution in [0, 0.1) is 0 Å². The van der Waals surface area contributed by atoms with Crippen LogP contribution in [-0.2, 0) is 20.5 Å². The predicted octanol–water partition coefficient (Wildman–Crippen LogP) is 2.21. The summed E-state index contributed by atoms with van der Waals surface area (Å²) in [7, 11) is 3.67. The van der Waals surface area contributed by atoms with Crippen molar-refractivity contribution in [1.29, 1.82) is 0 Å². The van der Waals surface area contributed by atoms with Gasteiger partial charge >= 0.3 is 0 Å². The molecule has 32 heavy (non-hydrogen) atoms. The molecule has 8 heteroatoms. The van der Waals surface area contributed by atoms with Gasteiger partial charge in [0, 0.05) is 32.4 Å². The maximum Gasteiger partial charge on any atom is 0.268 e. The van der Waals surface area contributed by atoms with Crippen molar-refractivity contribution in [3.05, 3.63) is 66.0 Å². The molecule has 3 aromatic rings. The standard InChI is InChI=1S/C24H31N5O3/c1-24(2,3)29(23(31)32)16-18(15-17-9-7-6-8-10-17)26-22(30)21-12-11-19(27(21)4)20-13-14-25-28(20)5/h6-14,18H,15-16H2,1-5H3,(H,26,30)(H,31,32)/p-1. The number of hydrogen-bond donors (Lipinski definition) is 1. The summed E-state index contributed by atoms with van der Waals surface area (Å²) in [6.45, 7) is 5.54. The molecule has 0 saturated carbocycles. The van der Waals surface area contributed by atoms with E-state index >= 15 is 0 Å². The lowest BCUT2D eigenvalue weighted by Gasteiger charge is -2.40. The zero-order valence-corrected chi connectivity index (χ0v) is 19.2. The molecule has 1 atom stereocenters. The highest BCUT2D eigenvalue weighted by Crippen LogP contribution is 2.21. The highest BCUT2D eigenvalue weighted by atomic mass is 16.4. The van der Waals surface area contributed by atoms with Gasteiger partial charge in [-0.15, -0.1) is 0 Å². The van der Waals surface area contributed by atoms with E-state index in [9.17, 15) is 14.7 Å². The summed E-state index contributed by atoms with van der Waals surface area (Å²) in [5, 5.41) is 19.0. The van der Waals surface area contributed by atoms with Gasteiger partial charge in [0.1, 0.15) is 11.8 Å². The van der Waals surface area contributed by atoms with Crippen LogP contribution in [0.5, 0.6) is 0 Å². The Kier molecular flexibility index (Phi) is 6.72. The van der Waals surface area contributed by atoms with Gasteiger partial charge in [0.2, 0.25) is 0 Å². The van der Waals surface area contributed by atoms with Crippen LogP contribution in [0.25, 0.3) is 11.4 Å². The molecule has 2 heterocycles. The number of benzene rings is 1. The Bertz CT molecular complexity index is 1080. The van der Waals surface area contributed by atoms with E-state index in [0.717, 1.165) is 17.0 Å². The average molecular weight is 437 g/mol. The molecule has 0 aliphatic carbocycles. The fourth-order valence-electron chi connectivity index (χ4n) is 3.78. The number of nitrogens with one attached hydrogen (secondary N) is 1. The maximum atomic E-state index is 13.2. The Morgan fingerprint density at radius 1 is 1.06 bits per heavy atom. The number of carbonyl (C=O) groups is 2. The largest absolute Gasteiger partial charge is 0.530 e. The van der Waals surface area contributed by atoms with Crippen molar-refractivity contribution in [2.45, 2.75) is 38.8 Å². The molecule has 0 saturated heterocycles. The highest BCUT2D eigenvalue weighted by molar-refractivity contribution is 5.94. The Morgan fingerprint density at radius 2 is 1.75 bits per heavy atom. The number of nitrogens with zero attached hydrogens (tertiary/aromatic N) is 4. The number of aryl methyl sites for hydroxylation is 1. The molecule has 0 bridgehead atoms. The fraction of sp³-hybridized carbons (Fsp3) is 0.375. The molecule has 0 aliphatic heterocycles. The van der Waals surface area contributed by atoms with Gasteiger partial charge in [-0.3, -0.25) is 9.48 Å². The van der Waals surface area contributed by atoms with Gasteiger partial charge < -0.3 is 24.7 Å². The van der Waals surface area contributed by atoms with Crippen LogP contribution in [0.2, 0.25) is 0 Å². The van der Waals surface area contributed by atoms with Crippen LogP contribution in [0.4, 0.5) is 4.79 Å². The van der Waals surface area contributed by atoms with E-state index in [2.05, 4.69) is 10.4 Å². The Labute approximate surface area is 188 Å². The van der Waals surface area contributed by atoms with E-state index in [1.807, 2.05) is 81.9 Å². The molecule has 8 nitrogen and oxygen atoms in total. The second-order valence-electron chi connectivity index (χ2n) is 8.91. The Morgan fingerprint density at radius 3 is 2.31 bits per heavy atom. The normalized spacial score (nSPS) is 12.4. The van der Waals surface area contributed by atoms with E-state index < -0.39 is 17.7 Å². The summed E-state index contributed by atoms with van der Waals surface area (Å²) in [5.41, 5.74) is 2.59. The molecule has 0 spiro atoms. The molecule has 0 fully saturated rings. The van der Waals surface area contributed by atoms with Crippen molar-refractivity contribution in [2.75, 3.05) is 6.54 Å². The highest BCUT2D eigenvalue weighted by Gasteiger charge is 2.26. The number of carboxylic acid groups (broad SMARTS) is 1. The Hall–Kier alpha value is -3.55. The molecule has 3 rings (SSSR count). The molecule has 2 amide bonds. The van der Waals surface area contributed by atoms with E-state index in [0.29, 0.717) is 12.1 Å². The molecule has 0 radical (unpaired) electrons. The van der Waals surface area contributed by atoms with Crippen molar-refractivity contribution in [3.8, 4) is 11.4 Å². The van der Waals surface area contributed by atoms with Crippen LogP contribution in [0.1, 0.15) is 36.8 Å². The first-order valence-corrected chi connectivity index (χ1v) is 10.6. The topological polar surface area (TPSA) is 95.2 Å². The van der Waals surface area contributed by atoms with Crippen LogP contribution < -0.4 is 10.4 Å². The minimum Gasteiger partial charge on any atom is -0.530 e. The zero-order valence-electron chi connectivity index (χ0n) is 19.2. The van der Waals surface area contributed by atoms with Crippen LogP contribution in [0.3, 0.4) is 0 Å². The van der Waals surface area contributed by atoms with Gasteiger partial charge in [-0.05, 0) is 51.0 Å². The molecule has 1 N–H and O–H groups in total. The maximum absolute atomic E-state index is 13.2. The molecule has 1 unspecified atom stereocenters. The lowest BCUT2D eigenvalue weighted by Crippen LogP contribution is -2.57. The van der Waals surface area contributed by atoms with Crippen molar-refractivity contribution in [2.24, 2.45) is 14.1 Å². The van der Waals surface area contributed by atoms with Crippen LogP contribution >= 0.6 is 0 Å². The van der Waals surface area contributed by atoms with E-state index in [-0.39, 0.29) is 12.5 Å². The number of aromatic nitrogens is 3. The third-order valence-corrected chi connectivity index (χ3v) is 5.53. The summed E-state index contributed by atoms with van der Waals surface area (Å²) in [6, 6.07) is 14.8. The van der Waals surface area contributed by atoms with Gasteiger partial charge in [-0.2, -0.15) is 5.10 Å². The number of hydrogen-bond acceptors (Lipinski definition) is 4. The smallest absolute Gasteiger partial charge is 0.268 e. The lowest BCUT2D eigenvalue weighted by atomic mass is 10.0. The SMILES string of the molecule is Cn1nccc1-c1ccc(C(=O)NC(Cc2ccccc2)CN(C(=O)[O-])C(C)(C)C)n1C. The van der Waals surface area contributed by atoms with E-state index in [1.165, 1.54) is 4.90 Å². The first-order valence-electron chi connectivity index (χ1n) is 10.6. The molecular weight excluding hydrogens is 406 g/mol. The van der Waals surface area contributed by atoms with Crippen LogP contribution in [0.15, 0.2) is 54.7 Å². The fourth-order valence-corrected chi connectivity index (χ4v) is 3.78. The van der Waals surface area contributed by atoms with Gasteiger partial charge in [0.25, 0.3) is 5.91 Å². The minimum absolute atomic E-state index is 0.117. The predicted molar refractivity (Wildman–Crippen MR) is 121 cm³/mol. The second-order valence-corrected chi connectivity index (χ2v) is 8.91. The van der Waals surface area contributed by atoms with Crippen molar-refractivity contribution >= 4 is 12.0 Å². The monoisotopic (exact) mass is 436 g/mol. The quantitative estimate of drug-likeness (QED) is 0.614. The second kappa shape index (κ2) is 9.30. The number of carbonyl (C=O) groups excluding carboxylic acids is 2. The third kappa shape index (κ3) is 5.19. The van der Waals surface area contributed by atoms with E-state index in [4.69, 9.17) is 0 Å². The number of amides is 2. The lowest BCUT2D eigenvalue weighted by molar-refractivity contribution is -0.270. The Balaban J connectivity index is 1.85. The summed E-state index contributed by atoms with van der Waals surface area (Å²) in [5.74, 6) is -0.269. The molecule has 1 aromatic carbocycles. The third-order valence-electron chi connectivity index (χ3n) is 5.53. The summed E-state index contributed by atoms with van der Waals surface area (Å²) in [6.07, 6.45) is 0.937. The van der Waals surface area contributed by atoms with Crippen molar-refractivity contribution in [1.82, 2.24) is 24.6 Å².